The molecular formula is C12H16N2S. The average Bonchev–Trinajstić information content (AvgIpc) is 2.31. The summed E-state index contributed by atoms with van der Waals surface area (Å²) in [5.41, 5.74) is 0. The first-order valence-corrected chi connectivity index (χ1v) is 6.32. The highest BCUT2D eigenvalue weighted by Crippen LogP contribution is 2.34. The van der Waals surface area contributed by atoms with Crippen LogP contribution in [0, 0.1) is 5.92 Å². The summed E-state index contributed by atoms with van der Waals surface area (Å²) in [4.78, 5) is 8.50. The van der Waals surface area contributed by atoms with Gasteiger partial charge < -0.3 is 0 Å². The van der Waals surface area contributed by atoms with Crippen LogP contribution < -0.4 is 0 Å². The van der Waals surface area contributed by atoms with Crippen molar-refractivity contribution in [2.24, 2.45) is 5.92 Å². The quantitative estimate of drug-likeness (QED) is 0.577. The van der Waals surface area contributed by atoms with E-state index >= 15 is 0 Å². The van der Waals surface area contributed by atoms with E-state index in [1.165, 1.54) is 25.7 Å². The van der Waals surface area contributed by atoms with E-state index in [1.807, 2.05) is 30.2 Å². The van der Waals surface area contributed by atoms with E-state index < -0.39 is 0 Å². The summed E-state index contributed by atoms with van der Waals surface area (Å²) in [7, 11) is 0. The Morgan fingerprint density at radius 3 is 2.87 bits per heavy atom. The first kappa shape index (κ1) is 10.7. The van der Waals surface area contributed by atoms with Crippen molar-refractivity contribution < 1.29 is 0 Å². The van der Waals surface area contributed by atoms with Crippen molar-refractivity contribution in [2.45, 2.75) is 36.1 Å². The van der Waals surface area contributed by atoms with E-state index in [1.54, 1.807) is 0 Å². The number of allylic oxidation sites excluding steroid dienone is 1. The Balaban J connectivity index is 1.92. The molecule has 0 aliphatic heterocycles. The van der Waals surface area contributed by atoms with Crippen molar-refractivity contribution in [2.75, 3.05) is 0 Å². The van der Waals surface area contributed by atoms with Gasteiger partial charge in [-0.3, -0.25) is 0 Å². The van der Waals surface area contributed by atoms with Gasteiger partial charge >= 0.3 is 0 Å². The zero-order valence-electron chi connectivity index (χ0n) is 8.80. The molecule has 1 fully saturated rings. The predicted molar refractivity (Wildman–Crippen MR) is 63.8 cm³/mol. The molecule has 2 rings (SSSR count). The second-order valence-electron chi connectivity index (χ2n) is 3.93. The van der Waals surface area contributed by atoms with Crippen LogP contribution in [0.1, 0.15) is 25.7 Å². The number of rotatable bonds is 3. The Hall–Kier alpha value is -0.830. The lowest BCUT2D eigenvalue weighted by molar-refractivity contribution is 0.429. The van der Waals surface area contributed by atoms with Crippen LogP contribution >= 0.6 is 11.8 Å². The molecule has 0 bridgehead atoms. The summed E-state index contributed by atoms with van der Waals surface area (Å²) in [6, 6.07) is 1.86. The van der Waals surface area contributed by atoms with Crippen molar-refractivity contribution in [1.82, 2.24) is 9.97 Å². The highest BCUT2D eigenvalue weighted by molar-refractivity contribution is 7.99. The van der Waals surface area contributed by atoms with Crippen LogP contribution in [0.4, 0.5) is 0 Å². The molecule has 80 valence electrons. The number of aromatic nitrogens is 2. The summed E-state index contributed by atoms with van der Waals surface area (Å²) in [6.07, 6.45) is 10.8. The van der Waals surface area contributed by atoms with Gasteiger partial charge in [0.05, 0.1) is 0 Å². The molecule has 3 heteroatoms. The minimum absolute atomic E-state index is 0.671. The molecule has 1 aliphatic rings. The molecule has 2 nitrogen and oxygen atoms in total. The van der Waals surface area contributed by atoms with Gasteiger partial charge in [-0.15, -0.1) is 6.58 Å². The molecular weight excluding hydrogens is 204 g/mol. The van der Waals surface area contributed by atoms with Crippen LogP contribution in [0.3, 0.4) is 0 Å². The van der Waals surface area contributed by atoms with Crippen LogP contribution in [0.5, 0.6) is 0 Å². The lowest BCUT2D eigenvalue weighted by atomic mass is 9.89. The SMILES string of the molecule is C=CC1CCCC(Sc2ncccn2)C1. The third-order valence-corrected chi connectivity index (χ3v) is 4.00. The molecule has 1 aromatic heterocycles. The highest BCUT2D eigenvalue weighted by Gasteiger charge is 2.21. The van der Waals surface area contributed by atoms with Crippen molar-refractivity contribution >= 4 is 11.8 Å². The molecule has 1 aliphatic carbocycles. The molecule has 0 saturated heterocycles. The summed E-state index contributed by atoms with van der Waals surface area (Å²) >= 11 is 1.81. The standard InChI is InChI=1S/C12H16N2S/c1-2-10-5-3-6-11(9-10)15-12-13-7-4-8-14-12/h2,4,7-8,10-11H,1,3,5-6,9H2. The van der Waals surface area contributed by atoms with Gasteiger partial charge in [-0.25, -0.2) is 9.97 Å². The number of nitrogens with zero attached hydrogens (tertiary/aromatic N) is 2. The van der Waals surface area contributed by atoms with Gasteiger partial charge in [0.15, 0.2) is 5.16 Å². The molecule has 2 unspecified atom stereocenters. The maximum absolute atomic E-state index is 4.25. The largest absolute Gasteiger partial charge is 0.231 e. The van der Waals surface area contributed by atoms with Gasteiger partial charge in [-0.1, -0.05) is 24.3 Å². The Bertz CT molecular complexity index is 313. The second-order valence-corrected chi connectivity index (χ2v) is 5.20. The van der Waals surface area contributed by atoms with E-state index in [0.717, 1.165) is 5.16 Å². The van der Waals surface area contributed by atoms with Gasteiger partial charge in [0, 0.05) is 17.6 Å². The number of thioether (sulfide) groups is 1. The van der Waals surface area contributed by atoms with E-state index in [-0.39, 0.29) is 0 Å². The second kappa shape index (κ2) is 5.31. The van der Waals surface area contributed by atoms with Crippen LogP contribution in [0.2, 0.25) is 0 Å². The van der Waals surface area contributed by atoms with Crippen molar-refractivity contribution in [3.05, 3.63) is 31.1 Å². The normalized spacial score (nSPS) is 26.1. The molecule has 1 saturated carbocycles. The fourth-order valence-electron chi connectivity index (χ4n) is 2.00. The monoisotopic (exact) mass is 220 g/mol. The number of hydrogen-bond donors (Lipinski definition) is 0. The van der Waals surface area contributed by atoms with Gasteiger partial charge in [0.25, 0.3) is 0 Å². The maximum Gasteiger partial charge on any atom is 0.187 e. The lowest BCUT2D eigenvalue weighted by Crippen LogP contribution is -2.16. The number of hydrogen-bond acceptors (Lipinski definition) is 3. The van der Waals surface area contributed by atoms with Gasteiger partial charge in [-0.2, -0.15) is 0 Å². The van der Waals surface area contributed by atoms with E-state index in [0.29, 0.717) is 11.2 Å². The van der Waals surface area contributed by atoms with Gasteiger partial charge in [0.2, 0.25) is 0 Å². The predicted octanol–water partition coefficient (Wildman–Crippen LogP) is 3.31. The molecule has 0 amide bonds. The van der Waals surface area contributed by atoms with Gasteiger partial charge in [-0.05, 0) is 31.2 Å². The van der Waals surface area contributed by atoms with Crippen LogP contribution in [0.25, 0.3) is 0 Å². The summed E-state index contributed by atoms with van der Waals surface area (Å²) in [6.45, 7) is 3.89. The van der Waals surface area contributed by atoms with Crippen molar-refractivity contribution in [1.29, 1.82) is 0 Å². The first-order valence-electron chi connectivity index (χ1n) is 5.44. The van der Waals surface area contributed by atoms with Crippen molar-refractivity contribution in [3.8, 4) is 0 Å². The Morgan fingerprint density at radius 2 is 2.13 bits per heavy atom. The van der Waals surface area contributed by atoms with Crippen LogP contribution in [-0.4, -0.2) is 15.2 Å². The third-order valence-electron chi connectivity index (χ3n) is 2.81. The van der Waals surface area contributed by atoms with E-state index in [9.17, 15) is 0 Å². The molecule has 0 N–H and O–H groups in total. The Labute approximate surface area is 95.2 Å². The summed E-state index contributed by atoms with van der Waals surface area (Å²) in [5.74, 6) is 0.694. The molecule has 1 heterocycles. The molecule has 0 radical (unpaired) electrons. The van der Waals surface area contributed by atoms with Crippen molar-refractivity contribution in [3.63, 3.8) is 0 Å². The zero-order chi connectivity index (χ0) is 10.5. The Morgan fingerprint density at radius 1 is 1.33 bits per heavy atom. The fourth-order valence-corrected chi connectivity index (χ4v) is 3.17. The lowest BCUT2D eigenvalue weighted by Gasteiger charge is -2.25. The van der Waals surface area contributed by atoms with E-state index in [4.69, 9.17) is 0 Å². The topological polar surface area (TPSA) is 25.8 Å². The van der Waals surface area contributed by atoms with E-state index in [2.05, 4.69) is 22.6 Å². The minimum Gasteiger partial charge on any atom is -0.231 e. The molecule has 0 spiro atoms. The molecule has 15 heavy (non-hydrogen) atoms. The summed E-state index contributed by atoms with van der Waals surface area (Å²) in [5, 5.41) is 1.58. The van der Waals surface area contributed by atoms with Crippen LogP contribution in [-0.2, 0) is 0 Å². The Kier molecular flexibility index (Phi) is 3.78. The van der Waals surface area contributed by atoms with Crippen LogP contribution in [0.15, 0.2) is 36.3 Å². The molecule has 0 aromatic carbocycles. The zero-order valence-corrected chi connectivity index (χ0v) is 9.62. The molecule has 1 aromatic rings. The molecule has 2 atom stereocenters. The highest BCUT2D eigenvalue weighted by atomic mass is 32.2. The smallest absolute Gasteiger partial charge is 0.187 e. The maximum atomic E-state index is 4.25. The summed E-state index contributed by atoms with van der Waals surface area (Å²) < 4.78 is 0. The van der Waals surface area contributed by atoms with Gasteiger partial charge in [0.1, 0.15) is 0 Å². The first-order chi connectivity index (χ1) is 7.38. The third kappa shape index (κ3) is 3.06. The average molecular weight is 220 g/mol. The fraction of sp³-hybridized carbons (Fsp3) is 0.500. The minimum atomic E-state index is 0.671.